The van der Waals surface area contributed by atoms with Crippen molar-refractivity contribution in [3.8, 4) is 0 Å². The molecule has 1 aromatic rings. The van der Waals surface area contributed by atoms with Crippen molar-refractivity contribution < 1.29 is 14.7 Å². The molecule has 4 N–H and O–H groups in total. The van der Waals surface area contributed by atoms with E-state index in [9.17, 15) is 9.59 Å². The summed E-state index contributed by atoms with van der Waals surface area (Å²) in [6, 6.07) is 7.27. The lowest BCUT2D eigenvalue weighted by molar-refractivity contribution is -0.150. The molecule has 5 nitrogen and oxygen atoms in total. The van der Waals surface area contributed by atoms with Crippen LogP contribution in [0.4, 0.5) is 5.69 Å². The molecule has 0 aliphatic heterocycles. The van der Waals surface area contributed by atoms with Crippen LogP contribution in [0.15, 0.2) is 24.3 Å². The van der Waals surface area contributed by atoms with Gasteiger partial charge < -0.3 is 16.2 Å². The molecule has 0 bridgehead atoms. The van der Waals surface area contributed by atoms with Crippen LogP contribution in [0.1, 0.15) is 19.4 Å². The Morgan fingerprint density at radius 2 is 1.82 bits per heavy atom. The third kappa shape index (κ3) is 3.48. The van der Waals surface area contributed by atoms with Gasteiger partial charge in [-0.2, -0.15) is 0 Å². The minimum Gasteiger partial charge on any atom is -0.474 e. The van der Waals surface area contributed by atoms with E-state index in [4.69, 9.17) is 10.8 Å². The highest BCUT2D eigenvalue weighted by molar-refractivity contribution is 6.31. The number of anilines is 1. The number of aliphatic carboxylic acids is 1. The predicted octanol–water partition coefficient (Wildman–Crippen LogP) is 0.747. The van der Waals surface area contributed by atoms with E-state index in [2.05, 4.69) is 5.32 Å². The van der Waals surface area contributed by atoms with Gasteiger partial charge in [0, 0.05) is 17.6 Å². The predicted molar refractivity (Wildman–Crippen MR) is 64.5 cm³/mol. The number of carbonyl (C=O) groups is 2. The highest BCUT2D eigenvalue weighted by atomic mass is 16.4. The van der Waals surface area contributed by atoms with Crippen molar-refractivity contribution in [1.29, 1.82) is 0 Å². The Morgan fingerprint density at radius 1 is 1.29 bits per heavy atom. The molecule has 1 rings (SSSR count). The van der Waals surface area contributed by atoms with Crippen LogP contribution in [-0.4, -0.2) is 23.5 Å². The molecule has 17 heavy (non-hydrogen) atoms. The van der Waals surface area contributed by atoms with Gasteiger partial charge in [0.1, 0.15) is 0 Å². The zero-order valence-corrected chi connectivity index (χ0v) is 9.86. The summed E-state index contributed by atoms with van der Waals surface area (Å²) >= 11 is 0. The molecule has 0 aromatic heterocycles. The zero-order valence-electron chi connectivity index (χ0n) is 9.86. The van der Waals surface area contributed by atoms with Crippen molar-refractivity contribution in [1.82, 2.24) is 5.32 Å². The molecule has 0 atom stereocenters. The number of nitrogens with one attached hydrogen (secondary N) is 1. The Morgan fingerprint density at radius 3 is 2.29 bits per heavy atom. The first-order chi connectivity index (χ1) is 7.83. The normalized spacial score (nSPS) is 10.9. The van der Waals surface area contributed by atoms with Gasteiger partial charge in [0.25, 0.3) is 0 Å². The van der Waals surface area contributed by atoms with Gasteiger partial charge in [-0.05, 0) is 17.7 Å². The number of hydrogen-bond acceptors (Lipinski definition) is 3. The van der Waals surface area contributed by atoms with E-state index in [1.807, 2.05) is 26.0 Å². The second-order valence-corrected chi connectivity index (χ2v) is 4.49. The highest BCUT2D eigenvalue weighted by Gasteiger charge is 2.22. The van der Waals surface area contributed by atoms with Gasteiger partial charge in [0.15, 0.2) is 0 Å². The van der Waals surface area contributed by atoms with Crippen molar-refractivity contribution >= 4 is 17.6 Å². The minimum atomic E-state index is -1.47. The fraction of sp³-hybridized carbons (Fsp3) is 0.333. The molecule has 0 heterocycles. The lowest BCUT2D eigenvalue weighted by Gasteiger charge is -2.25. The summed E-state index contributed by atoms with van der Waals surface area (Å²) < 4.78 is 0. The van der Waals surface area contributed by atoms with Crippen molar-refractivity contribution in [3.63, 3.8) is 0 Å². The van der Waals surface area contributed by atoms with Crippen LogP contribution in [0.25, 0.3) is 0 Å². The number of nitrogen functional groups attached to an aromatic ring is 1. The SMILES string of the molecule is CC(C)(CNC(=O)C(=O)O)c1ccc(N)cc1. The number of hydrogen-bond donors (Lipinski definition) is 3. The van der Waals surface area contributed by atoms with Crippen LogP contribution in [0.5, 0.6) is 0 Å². The fourth-order valence-electron chi connectivity index (χ4n) is 1.41. The number of carbonyl (C=O) groups excluding carboxylic acids is 1. The Labute approximate surface area is 99.6 Å². The van der Waals surface area contributed by atoms with E-state index in [1.54, 1.807) is 12.1 Å². The first kappa shape index (κ1) is 13.0. The molecular weight excluding hydrogens is 220 g/mol. The lowest BCUT2D eigenvalue weighted by Crippen LogP contribution is -2.39. The first-order valence-corrected chi connectivity index (χ1v) is 5.20. The number of benzene rings is 1. The number of amides is 1. The maximum absolute atomic E-state index is 10.9. The second kappa shape index (κ2) is 4.86. The average Bonchev–Trinajstić information content (AvgIpc) is 2.26. The largest absolute Gasteiger partial charge is 0.474 e. The number of nitrogens with two attached hydrogens (primary N) is 1. The summed E-state index contributed by atoms with van der Waals surface area (Å²) in [4.78, 5) is 21.3. The van der Waals surface area contributed by atoms with E-state index in [0.717, 1.165) is 5.56 Å². The molecule has 0 radical (unpaired) electrons. The highest BCUT2D eigenvalue weighted by Crippen LogP contribution is 2.23. The molecule has 0 spiro atoms. The van der Waals surface area contributed by atoms with Crippen LogP contribution in [0.2, 0.25) is 0 Å². The Balaban J connectivity index is 2.71. The molecule has 5 heteroatoms. The molecule has 0 saturated carbocycles. The summed E-state index contributed by atoms with van der Waals surface area (Å²) in [5.74, 6) is -2.47. The standard InChI is InChI=1S/C12H16N2O3/c1-12(2,7-14-10(15)11(16)17)8-3-5-9(13)6-4-8/h3-6H,7,13H2,1-2H3,(H,14,15)(H,16,17). The topological polar surface area (TPSA) is 92.4 Å². The van der Waals surface area contributed by atoms with Crippen molar-refractivity contribution in [2.75, 3.05) is 12.3 Å². The Bertz CT molecular complexity index is 424. The molecular formula is C12H16N2O3. The summed E-state index contributed by atoms with van der Waals surface area (Å²) in [7, 11) is 0. The molecule has 0 aliphatic carbocycles. The molecule has 0 aliphatic rings. The van der Waals surface area contributed by atoms with E-state index in [-0.39, 0.29) is 12.0 Å². The summed E-state index contributed by atoms with van der Waals surface area (Å²) in [6.07, 6.45) is 0. The van der Waals surface area contributed by atoms with Gasteiger partial charge >= 0.3 is 11.9 Å². The van der Waals surface area contributed by atoms with Gasteiger partial charge in [-0.1, -0.05) is 26.0 Å². The van der Waals surface area contributed by atoms with Gasteiger partial charge in [-0.25, -0.2) is 4.79 Å². The average molecular weight is 236 g/mol. The van der Waals surface area contributed by atoms with Crippen molar-refractivity contribution in [3.05, 3.63) is 29.8 Å². The smallest absolute Gasteiger partial charge is 0.394 e. The fourth-order valence-corrected chi connectivity index (χ4v) is 1.41. The van der Waals surface area contributed by atoms with Gasteiger partial charge in [-0.3, -0.25) is 4.79 Å². The van der Waals surface area contributed by atoms with Crippen LogP contribution in [0, 0.1) is 0 Å². The maximum Gasteiger partial charge on any atom is 0.394 e. The molecule has 0 unspecified atom stereocenters. The molecule has 1 amide bonds. The zero-order chi connectivity index (χ0) is 13.1. The molecule has 1 aromatic carbocycles. The van der Waals surface area contributed by atoms with Crippen molar-refractivity contribution in [2.24, 2.45) is 0 Å². The van der Waals surface area contributed by atoms with Gasteiger partial charge in [0.2, 0.25) is 0 Å². The summed E-state index contributed by atoms with van der Waals surface area (Å²) in [5.41, 5.74) is 6.89. The molecule has 92 valence electrons. The van der Waals surface area contributed by atoms with E-state index in [1.165, 1.54) is 0 Å². The van der Waals surface area contributed by atoms with Crippen molar-refractivity contribution in [2.45, 2.75) is 19.3 Å². The third-order valence-electron chi connectivity index (χ3n) is 2.58. The van der Waals surface area contributed by atoms with Gasteiger partial charge in [-0.15, -0.1) is 0 Å². The monoisotopic (exact) mass is 236 g/mol. The van der Waals surface area contributed by atoms with E-state index < -0.39 is 11.9 Å². The summed E-state index contributed by atoms with van der Waals surface area (Å²) in [5, 5.41) is 10.8. The van der Waals surface area contributed by atoms with Crippen LogP contribution in [0.3, 0.4) is 0 Å². The molecule has 0 saturated heterocycles. The maximum atomic E-state index is 10.9. The Kier molecular flexibility index (Phi) is 3.73. The first-order valence-electron chi connectivity index (χ1n) is 5.20. The second-order valence-electron chi connectivity index (χ2n) is 4.49. The number of carboxylic acids is 1. The third-order valence-corrected chi connectivity index (χ3v) is 2.58. The Hall–Kier alpha value is -2.04. The quantitative estimate of drug-likeness (QED) is 0.533. The van der Waals surface area contributed by atoms with E-state index in [0.29, 0.717) is 5.69 Å². The van der Waals surface area contributed by atoms with Crippen LogP contribution < -0.4 is 11.1 Å². The van der Waals surface area contributed by atoms with E-state index >= 15 is 0 Å². The van der Waals surface area contributed by atoms with Gasteiger partial charge in [0.05, 0.1) is 0 Å². The van der Waals surface area contributed by atoms with Crippen LogP contribution in [-0.2, 0) is 15.0 Å². The number of rotatable bonds is 3. The molecule has 0 fully saturated rings. The minimum absolute atomic E-state index is 0.252. The number of carboxylic acid groups (broad SMARTS) is 1. The summed E-state index contributed by atoms with van der Waals surface area (Å²) in [6.45, 7) is 4.09. The lowest BCUT2D eigenvalue weighted by atomic mass is 9.84. The van der Waals surface area contributed by atoms with Crippen LogP contribution >= 0.6 is 0 Å².